The van der Waals surface area contributed by atoms with E-state index in [1.54, 1.807) is 6.07 Å². The summed E-state index contributed by atoms with van der Waals surface area (Å²) in [6, 6.07) is 7.29. The number of aldehydes is 1. The number of ether oxygens (including phenoxy) is 1. The van der Waals surface area contributed by atoms with Crippen LogP contribution in [0.5, 0.6) is 5.75 Å². The van der Waals surface area contributed by atoms with Crippen LogP contribution in [0.25, 0.3) is 11.0 Å². The van der Waals surface area contributed by atoms with Gasteiger partial charge in [0.1, 0.15) is 11.3 Å². The zero-order chi connectivity index (χ0) is 11.4. The molecule has 84 valence electrons. The Hall–Kier alpha value is -1.77. The summed E-state index contributed by atoms with van der Waals surface area (Å²) in [5.41, 5.74) is 0.713. The first-order chi connectivity index (χ1) is 7.83. The third kappa shape index (κ3) is 2.24. The zero-order valence-electron chi connectivity index (χ0n) is 9.23. The molecule has 0 aliphatic heterocycles. The summed E-state index contributed by atoms with van der Waals surface area (Å²) in [5, 5.41) is 0.899. The van der Waals surface area contributed by atoms with E-state index in [-0.39, 0.29) is 0 Å². The minimum absolute atomic E-state index is 0.348. The molecule has 0 unspecified atom stereocenters. The third-order valence-electron chi connectivity index (χ3n) is 2.39. The van der Waals surface area contributed by atoms with E-state index < -0.39 is 0 Å². The standard InChI is InChI=1S/C13H14O3/c1-2-3-6-15-11-4-5-13-10(7-11)8-12(9-14)16-13/h4-5,7-9H,2-3,6H2,1H3. The van der Waals surface area contributed by atoms with Gasteiger partial charge < -0.3 is 9.15 Å². The summed E-state index contributed by atoms with van der Waals surface area (Å²) >= 11 is 0. The largest absolute Gasteiger partial charge is 0.494 e. The minimum atomic E-state index is 0.348. The molecule has 1 heterocycles. The highest BCUT2D eigenvalue weighted by Crippen LogP contribution is 2.23. The Morgan fingerprint density at radius 2 is 2.25 bits per heavy atom. The van der Waals surface area contributed by atoms with Gasteiger partial charge in [0.15, 0.2) is 12.0 Å². The van der Waals surface area contributed by atoms with E-state index in [2.05, 4.69) is 6.92 Å². The van der Waals surface area contributed by atoms with Gasteiger partial charge >= 0.3 is 0 Å². The predicted molar refractivity (Wildman–Crippen MR) is 62.0 cm³/mol. The van der Waals surface area contributed by atoms with Crippen LogP contribution in [-0.2, 0) is 0 Å². The van der Waals surface area contributed by atoms with Gasteiger partial charge in [0.25, 0.3) is 0 Å². The van der Waals surface area contributed by atoms with Crippen molar-refractivity contribution in [1.82, 2.24) is 0 Å². The van der Waals surface area contributed by atoms with Gasteiger partial charge in [0.05, 0.1) is 6.61 Å². The number of furan rings is 1. The zero-order valence-corrected chi connectivity index (χ0v) is 9.23. The molecule has 0 amide bonds. The van der Waals surface area contributed by atoms with Crippen LogP contribution in [-0.4, -0.2) is 12.9 Å². The molecule has 0 spiro atoms. The number of carbonyl (C=O) groups excluding carboxylic acids is 1. The second-order valence-corrected chi connectivity index (χ2v) is 3.67. The molecule has 3 heteroatoms. The normalized spacial score (nSPS) is 10.6. The lowest BCUT2D eigenvalue weighted by Crippen LogP contribution is -1.95. The maximum Gasteiger partial charge on any atom is 0.185 e. The summed E-state index contributed by atoms with van der Waals surface area (Å²) in [5.74, 6) is 1.17. The molecule has 0 saturated carbocycles. The Morgan fingerprint density at radius 3 is 3.00 bits per heavy atom. The number of rotatable bonds is 5. The summed E-state index contributed by atoms with van der Waals surface area (Å²) < 4.78 is 10.8. The SMILES string of the molecule is CCCCOc1ccc2oc(C=O)cc2c1. The molecule has 0 N–H and O–H groups in total. The first kappa shape index (κ1) is 10.7. The average molecular weight is 218 g/mol. The lowest BCUT2D eigenvalue weighted by molar-refractivity contribution is 0.110. The van der Waals surface area contributed by atoms with E-state index >= 15 is 0 Å². The summed E-state index contributed by atoms with van der Waals surface area (Å²) in [6.07, 6.45) is 2.86. The molecule has 0 saturated heterocycles. The number of benzene rings is 1. The molecule has 0 aliphatic rings. The minimum Gasteiger partial charge on any atom is -0.494 e. The van der Waals surface area contributed by atoms with Crippen molar-refractivity contribution in [2.75, 3.05) is 6.61 Å². The van der Waals surface area contributed by atoms with Gasteiger partial charge in [0, 0.05) is 5.39 Å². The Labute approximate surface area is 94.0 Å². The van der Waals surface area contributed by atoms with Crippen molar-refractivity contribution < 1.29 is 13.9 Å². The number of fused-ring (bicyclic) bond motifs is 1. The second kappa shape index (κ2) is 4.84. The van der Waals surface area contributed by atoms with Gasteiger partial charge in [-0.25, -0.2) is 0 Å². The highest BCUT2D eigenvalue weighted by molar-refractivity contribution is 5.85. The lowest BCUT2D eigenvalue weighted by Gasteiger charge is -2.04. The molecule has 1 aromatic carbocycles. The fraction of sp³-hybridized carbons (Fsp3) is 0.308. The fourth-order valence-corrected chi connectivity index (χ4v) is 1.52. The molecule has 0 fully saturated rings. The van der Waals surface area contributed by atoms with Gasteiger partial charge in [-0.3, -0.25) is 4.79 Å². The average Bonchev–Trinajstić information content (AvgIpc) is 2.71. The van der Waals surface area contributed by atoms with Crippen LogP contribution in [0.4, 0.5) is 0 Å². The van der Waals surface area contributed by atoms with Crippen molar-refractivity contribution in [3.63, 3.8) is 0 Å². The Bertz CT molecular complexity index is 485. The molecule has 0 radical (unpaired) electrons. The molecule has 1 aromatic heterocycles. The van der Waals surface area contributed by atoms with Crippen molar-refractivity contribution in [2.24, 2.45) is 0 Å². The van der Waals surface area contributed by atoms with Gasteiger partial charge in [-0.1, -0.05) is 13.3 Å². The molecule has 0 atom stereocenters. The maximum absolute atomic E-state index is 10.5. The van der Waals surface area contributed by atoms with Crippen LogP contribution in [0.15, 0.2) is 28.7 Å². The highest BCUT2D eigenvalue weighted by Gasteiger charge is 2.03. The maximum atomic E-state index is 10.5. The van der Waals surface area contributed by atoms with Crippen molar-refractivity contribution in [3.05, 3.63) is 30.0 Å². The van der Waals surface area contributed by atoms with E-state index in [0.717, 1.165) is 30.6 Å². The van der Waals surface area contributed by atoms with Crippen LogP contribution in [0, 0.1) is 0 Å². The molecule has 2 aromatic rings. The topological polar surface area (TPSA) is 39.4 Å². The van der Waals surface area contributed by atoms with Gasteiger partial charge in [-0.05, 0) is 30.7 Å². The van der Waals surface area contributed by atoms with Crippen LogP contribution < -0.4 is 4.74 Å². The first-order valence-electron chi connectivity index (χ1n) is 5.45. The quantitative estimate of drug-likeness (QED) is 0.570. The van der Waals surface area contributed by atoms with Crippen molar-refractivity contribution in [2.45, 2.75) is 19.8 Å². The molecular formula is C13H14O3. The van der Waals surface area contributed by atoms with Crippen molar-refractivity contribution in [1.29, 1.82) is 0 Å². The van der Waals surface area contributed by atoms with E-state index in [9.17, 15) is 4.79 Å². The fourth-order valence-electron chi connectivity index (χ4n) is 1.52. The molecule has 0 aliphatic carbocycles. The van der Waals surface area contributed by atoms with Crippen LogP contribution in [0.3, 0.4) is 0 Å². The number of hydrogen-bond donors (Lipinski definition) is 0. The van der Waals surface area contributed by atoms with E-state index in [1.807, 2.05) is 18.2 Å². The highest BCUT2D eigenvalue weighted by atomic mass is 16.5. The van der Waals surface area contributed by atoms with E-state index in [0.29, 0.717) is 17.6 Å². The lowest BCUT2D eigenvalue weighted by atomic mass is 10.2. The predicted octanol–water partition coefficient (Wildman–Crippen LogP) is 3.42. The molecule has 0 bridgehead atoms. The Morgan fingerprint density at radius 1 is 1.38 bits per heavy atom. The first-order valence-corrected chi connectivity index (χ1v) is 5.45. The summed E-state index contributed by atoms with van der Waals surface area (Å²) in [7, 11) is 0. The van der Waals surface area contributed by atoms with E-state index in [4.69, 9.17) is 9.15 Å². The third-order valence-corrected chi connectivity index (χ3v) is 2.39. The Balaban J connectivity index is 2.18. The van der Waals surface area contributed by atoms with Crippen molar-refractivity contribution >= 4 is 17.3 Å². The molecule has 3 nitrogen and oxygen atoms in total. The molecule has 2 rings (SSSR count). The van der Waals surface area contributed by atoms with Gasteiger partial charge in [-0.2, -0.15) is 0 Å². The molecular weight excluding hydrogens is 204 g/mol. The van der Waals surface area contributed by atoms with Crippen LogP contribution in [0.2, 0.25) is 0 Å². The number of hydrogen-bond acceptors (Lipinski definition) is 3. The number of carbonyl (C=O) groups is 1. The van der Waals surface area contributed by atoms with Gasteiger partial charge in [0.2, 0.25) is 0 Å². The Kier molecular flexibility index (Phi) is 3.25. The van der Waals surface area contributed by atoms with Gasteiger partial charge in [-0.15, -0.1) is 0 Å². The van der Waals surface area contributed by atoms with E-state index in [1.165, 1.54) is 0 Å². The molecule has 16 heavy (non-hydrogen) atoms. The monoisotopic (exact) mass is 218 g/mol. The summed E-state index contributed by atoms with van der Waals surface area (Å²) in [6.45, 7) is 2.85. The van der Waals surface area contributed by atoms with Crippen molar-refractivity contribution in [3.8, 4) is 5.75 Å². The summed E-state index contributed by atoms with van der Waals surface area (Å²) in [4.78, 5) is 10.5. The second-order valence-electron chi connectivity index (χ2n) is 3.67. The smallest absolute Gasteiger partial charge is 0.185 e. The van der Waals surface area contributed by atoms with Crippen LogP contribution in [0.1, 0.15) is 30.3 Å². The number of unbranched alkanes of at least 4 members (excludes halogenated alkanes) is 1. The van der Waals surface area contributed by atoms with Crippen LogP contribution >= 0.6 is 0 Å².